The molecule has 20 heavy (non-hydrogen) atoms. The van der Waals surface area contributed by atoms with Gasteiger partial charge in [-0.1, -0.05) is 18.2 Å². The van der Waals surface area contributed by atoms with Crippen molar-refractivity contribution >= 4 is 21.8 Å². The van der Waals surface area contributed by atoms with Crippen LogP contribution in [0.2, 0.25) is 0 Å². The minimum Gasteiger partial charge on any atom is -0.471 e. The maximum atomic E-state index is 12.3. The first kappa shape index (κ1) is 13.1. The third kappa shape index (κ3) is 2.67. The second-order valence-corrected chi connectivity index (χ2v) is 5.45. The van der Waals surface area contributed by atoms with Crippen LogP contribution in [0.15, 0.2) is 53.1 Å². The molecule has 1 fully saturated rings. The zero-order valence-electron chi connectivity index (χ0n) is 10.7. The van der Waals surface area contributed by atoms with E-state index in [2.05, 4.69) is 20.9 Å². The number of pyridine rings is 1. The van der Waals surface area contributed by atoms with Crippen molar-refractivity contribution in [3.63, 3.8) is 0 Å². The Kier molecular flexibility index (Phi) is 3.69. The summed E-state index contributed by atoms with van der Waals surface area (Å²) in [6.45, 7) is 1.19. The zero-order valence-corrected chi connectivity index (χ0v) is 12.3. The number of halogens is 1. The second kappa shape index (κ2) is 5.63. The van der Waals surface area contributed by atoms with Gasteiger partial charge in [0.1, 0.15) is 6.10 Å². The fraction of sp³-hybridized carbons (Fsp3) is 0.200. The minimum atomic E-state index is 0.0244. The van der Waals surface area contributed by atoms with Crippen LogP contribution in [0.5, 0.6) is 5.88 Å². The summed E-state index contributed by atoms with van der Waals surface area (Å²) in [7, 11) is 0. The first-order chi connectivity index (χ1) is 9.74. The van der Waals surface area contributed by atoms with Crippen LogP contribution in [0.3, 0.4) is 0 Å². The molecule has 0 N–H and O–H groups in total. The number of ether oxygens (including phenoxy) is 1. The Hall–Kier alpha value is -1.88. The number of amides is 1. The van der Waals surface area contributed by atoms with E-state index in [9.17, 15) is 4.79 Å². The summed E-state index contributed by atoms with van der Waals surface area (Å²) in [5.41, 5.74) is 0.684. The van der Waals surface area contributed by atoms with Gasteiger partial charge in [-0.15, -0.1) is 0 Å². The molecule has 1 aliphatic heterocycles. The van der Waals surface area contributed by atoms with Gasteiger partial charge in [-0.2, -0.15) is 0 Å². The topological polar surface area (TPSA) is 42.4 Å². The van der Waals surface area contributed by atoms with Gasteiger partial charge in [0.25, 0.3) is 5.91 Å². The Morgan fingerprint density at radius 3 is 2.65 bits per heavy atom. The fourth-order valence-electron chi connectivity index (χ4n) is 2.07. The summed E-state index contributed by atoms with van der Waals surface area (Å²) in [5, 5.41) is 0. The number of likely N-dealkylation sites (tertiary alicyclic amines) is 1. The maximum Gasteiger partial charge on any atom is 0.255 e. The smallest absolute Gasteiger partial charge is 0.255 e. The van der Waals surface area contributed by atoms with E-state index in [1.807, 2.05) is 42.5 Å². The van der Waals surface area contributed by atoms with E-state index in [1.165, 1.54) is 0 Å². The van der Waals surface area contributed by atoms with Crippen LogP contribution in [0, 0.1) is 0 Å². The van der Waals surface area contributed by atoms with Gasteiger partial charge in [0.15, 0.2) is 0 Å². The van der Waals surface area contributed by atoms with Gasteiger partial charge in [0.05, 0.1) is 18.7 Å². The largest absolute Gasteiger partial charge is 0.471 e. The van der Waals surface area contributed by atoms with E-state index >= 15 is 0 Å². The van der Waals surface area contributed by atoms with Crippen molar-refractivity contribution in [1.82, 2.24) is 9.88 Å². The number of carbonyl (C=O) groups excluding carboxylic acids is 1. The molecule has 0 spiro atoms. The third-order valence-electron chi connectivity index (χ3n) is 3.16. The summed E-state index contributed by atoms with van der Waals surface area (Å²) in [5.74, 6) is 0.629. The Labute approximate surface area is 125 Å². The molecule has 2 aromatic rings. The fourth-order valence-corrected chi connectivity index (χ4v) is 2.53. The predicted molar refractivity (Wildman–Crippen MR) is 78.7 cm³/mol. The van der Waals surface area contributed by atoms with Crippen LogP contribution in [-0.2, 0) is 0 Å². The number of aromatic nitrogens is 1. The molecule has 0 radical (unpaired) electrons. The molecular formula is C15H13BrN2O2. The monoisotopic (exact) mass is 332 g/mol. The Morgan fingerprint density at radius 2 is 1.95 bits per heavy atom. The summed E-state index contributed by atoms with van der Waals surface area (Å²) in [4.78, 5) is 18.2. The molecule has 0 saturated carbocycles. The van der Waals surface area contributed by atoms with Crippen LogP contribution < -0.4 is 4.74 Å². The van der Waals surface area contributed by atoms with Gasteiger partial charge < -0.3 is 9.64 Å². The molecule has 2 heterocycles. The average Bonchev–Trinajstić information content (AvgIpc) is 2.43. The molecule has 4 nitrogen and oxygen atoms in total. The van der Waals surface area contributed by atoms with E-state index in [0.717, 1.165) is 4.47 Å². The van der Waals surface area contributed by atoms with Crippen molar-refractivity contribution < 1.29 is 9.53 Å². The molecule has 1 saturated heterocycles. The quantitative estimate of drug-likeness (QED) is 0.867. The lowest BCUT2D eigenvalue weighted by molar-refractivity contribution is 0.0159. The molecule has 0 aliphatic carbocycles. The van der Waals surface area contributed by atoms with Gasteiger partial charge in [-0.05, 0) is 34.1 Å². The number of rotatable bonds is 3. The molecule has 1 aromatic carbocycles. The van der Waals surface area contributed by atoms with Crippen LogP contribution in [0.4, 0.5) is 0 Å². The Balaban J connectivity index is 1.58. The van der Waals surface area contributed by atoms with E-state index < -0.39 is 0 Å². The van der Waals surface area contributed by atoms with Crippen LogP contribution in [0.25, 0.3) is 0 Å². The van der Waals surface area contributed by atoms with Gasteiger partial charge in [-0.3, -0.25) is 4.79 Å². The molecule has 0 unspecified atom stereocenters. The molecule has 1 aromatic heterocycles. The molecule has 1 aliphatic rings. The zero-order chi connectivity index (χ0) is 13.9. The van der Waals surface area contributed by atoms with Crippen molar-refractivity contribution in [1.29, 1.82) is 0 Å². The Bertz CT molecular complexity index is 612. The van der Waals surface area contributed by atoms with Crippen molar-refractivity contribution in [2.45, 2.75) is 6.10 Å². The van der Waals surface area contributed by atoms with Gasteiger partial charge in [0.2, 0.25) is 5.88 Å². The van der Waals surface area contributed by atoms with E-state index in [-0.39, 0.29) is 12.0 Å². The first-order valence-corrected chi connectivity index (χ1v) is 7.15. The average molecular weight is 333 g/mol. The van der Waals surface area contributed by atoms with Gasteiger partial charge in [-0.25, -0.2) is 4.98 Å². The number of hydrogen-bond donors (Lipinski definition) is 0. The molecule has 3 rings (SSSR count). The van der Waals surface area contributed by atoms with E-state index in [0.29, 0.717) is 24.5 Å². The summed E-state index contributed by atoms with van der Waals surface area (Å²) in [6.07, 6.45) is 1.72. The Morgan fingerprint density at radius 1 is 1.20 bits per heavy atom. The lowest BCUT2D eigenvalue weighted by atomic mass is 10.1. The summed E-state index contributed by atoms with van der Waals surface area (Å²) >= 11 is 3.40. The molecular weight excluding hydrogens is 320 g/mol. The second-order valence-electron chi connectivity index (χ2n) is 4.60. The lowest BCUT2D eigenvalue weighted by Gasteiger charge is -2.38. The van der Waals surface area contributed by atoms with Crippen molar-refractivity contribution in [3.8, 4) is 5.88 Å². The standard InChI is InChI=1S/C15H13BrN2O2/c16-13-6-2-1-5-12(13)15(19)18-9-11(10-18)20-14-7-3-4-8-17-14/h1-8,11H,9-10H2. The highest BCUT2D eigenvalue weighted by Crippen LogP contribution is 2.22. The molecule has 1 amide bonds. The van der Waals surface area contributed by atoms with Gasteiger partial charge >= 0.3 is 0 Å². The van der Waals surface area contributed by atoms with Crippen molar-refractivity contribution in [2.24, 2.45) is 0 Å². The highest BCUT2D eigenvalue weighted by molar-refractivity contribution is 9.10. The maximum absolute atomic E-state index is 12.3. The van der Waals surface area contributed by atoms with E-state index in [1.54, 1.807) is 11.1 Å². The minimum absolute atomic E-state index is 0.0244. The number of carbonyl (C=O) groups is 1. The van der Waals surface area contributed by atoms with E-state index in [4.69, 9.17) is 4.74 Å². The van der Waals surface area contributed by atoms with Crippen molar-refractivity contribution in [3.05, 3.63) is 58.7 Å². The van der Waals surface area contributed by atoms with Crippen LogP contribution in [0.1, 0.15) is 10.4 Å². The summed E-state index contributed by atoms with van der Waals surface area (Å²) < 4.78 is 6.50. The van der Waals surface area contributed by atoms with Crippen LogP contribution in [-0.4, -0.2) is 35.0 Å². The molecule has 0 atom stereocenters. The highest BCUT2D eigenvalue weighted by atomic mass is 79.9. The summed E-state index contributed by atoms with van der Waals surface area (Å²) in [6, 6.07) is 13.0. The van der Waals surface area contributed by atoms with Crippen molar-refractivity contribution in [2.75, 3.05) is 13.1 Å². The van der Waals surface area contributed by atoms with Crippen LogP contribution >= 0.6 is 15.9 Å². The molecule has 0 bridgehead atoms. The highest BCUT2D eigenvalue weighted by Gasteiger charge is 2.33. The van der Waals surface area contributed by atoms with Gasteiger partial charge in [0, 0.05) is 16.7 Å². The molecule has 102 valence electrons. The lowest BCUT2D eigenvalue weighted by Crippen LogP contribution is -2.56. The molecule has 5 heteroatoms. The normalized spacial score (nSPS) is 14.8. The number of nitrogens with zero attached hydrogens (tertiary/aromatic N) is 2. The SMILES string of the molecule is O=C(c1ccccc1Br)N1CC(Oc2ccccn2)C1. The third-order valence-corrected chi connectivity index (χ3v) is 3.86. The predicted octanol–water partition coefficient (Wildman–Crippen LogP) is 2.75. The number of benzene rings is 1. The number of hydrogen-bond acceptors (Lipinski definition) is 3. The first-order valence-electron chi connectivity index (χ1n) is 6.35.